The van der Waals surface area contributed by atoms with Gasteiger partial charge in [-0.25, -0.2) is 0 Å². The smallest absolute Gasteiger partial charge is 0.314 e. The molecule has 1 aromatic carbocycles. The Morgan fingerprint density at radius 1 is 1.30 bits per heavy atom. The quantitative estimate of drug-likeness (QED) is 0.376. The van der Waals surface area contributed by atoms with E-state index in [1.807, 2.05) is 0 Å². The lowest BCUT2D eigenvalue weighted by Gasteiger charge is -2.24. The lowest BCUT2D eigenvalue weighted by Crippen LogP contribution is -2.31. The molecule has 1 saturated carbocycles. The Morgan fingerprint density at radius 2 is 1.90 bits per heavy atom. The van der Waals surface area contributed by atoms with Crippen molar-refractivity contribution in [2.45, 2.75) is 37.8 Å². The van der Waals surface area contributed by atoms with E-state index in [1.54, 1.807) is 0 Å². The van der Waals surface area contributed by atoms with Crippen LogP contribution in [0.15, 0.2) is 12.1 Å². The van der Waals surface area contributed by atoms with Gasteiger partial charge >= 0.3 is 5.69 Å². The maximum absolute atomic E-state index is 10.8. The Bertz CT molecular complexity index is 514. The molecule has 7 nitrogen and oxygen atoms in total. The zero-order chi connectivity index (χ0) is 14.9. The van der Waals surface area contributed by atoms with Gasteiger partial charge in [-0.15, -0.1) is 0 Å². The van der Waals surface area contributed by atoms with Crippen LogP contribution in [0.3, 0.4) is 0 Å². The van der Waals surface area contributed by atoms with Crippen LogP contribution < -0.4 is 5.73 Å². The summed E-state index contributed by atoms with van der Waals surface area (Å²) in [5.74, 6) is -1.33. The van der Waals surface area contributed by atoms with E-state index in [1.165, 1.54) is 0 Å². The van der Waals surface area contributed by atoms with Crippen LogP contribution in [-0.4, -0.2) is 26.3 Å². The third-order valence-electron chi connectivity index (χ3n) is 3.92. The SMILES string of the molecule is N[C@@H](c1cc(O)c(O)c([N+](=O)[O-])c1)[C@H](O)C1CCCC1. The number of nitro benzene ring substituents is 1. The first kappa shape index (κ1) is 14.5. The number of nitrogens with zero attached hydrogens (tertiary/aromatic N) is 1. The van der Waals surface area contributed by atoms with Gasteiger partial charge in [0.1, 0.15) is 0 Å². The molecule has 0 spiro atoms. The number of hydrogen-bond acceptors (Lipinski definition) is 6. The van der Waals surface area contributed by atoms with Gasteiger partial charge in [0, 0.05) is 6.07 Å². The molecule has 0 unspecified atom stereocenters. The zero-order valence-corrected chi connectivity index (χ0v) is 10.9. The number of nitrogens with two attached hydrogens (primary N) is 1. The van der Waals surface area contributed by atoms with Crippen molar-refractivity contribution in [3.63, 3.8) is 0 Å². The molecule has 0 saturated heterocycles. The number of phenolic OH excluding ortho intramolecular Hbond substituents is 2. The van der Waals surface area contributed by atoms with Crippen molar-refractivity contribution in [3.05, 3.63) is 27.8 Å². The van der Waals surface area contributed by atoms with Crippen LogP contribution in [-0.2, 0) is 0 Å². The zero-order valence-electron chi connectivity index (χ0n) is 10.9. The van der Waals surface area contributed by atoms with Crippen LogP contribution in [0.2, 0.25) is 0 Å². The minimum Gasteiger partial charge on any atom is -0.504 e. The van der Waals surface area contributed by atoms with E-state index >= 15 is 0 Å². The summed E-state index contributed by atoms with van der Waals surface area (Å²) < 4.78 is 0. The van der Waals surface area contributed by atoms with Crippen molar-refractivity contribution in [1.82, 2.24) is 0 Å². The molecule has 0 aromatic heterocycles. The summed E-state index contributed by atoms with van der Waals surface area (Å²) in [7, 11) is 0. The van der Waals surface area contributed by atoms with Crippen LogP contribution >= 0.6 is 0 Å². The van der Waals surface area contributed by atoms with Gasteiger partial charge in [-0.2, -0.15) is 0 Å². The summed E-state index contributed by atoms with van der Waals surface area (Å²) in [5.41, 5.74) is 5.57. The number of nitro groups is 1. The second-order valence-corrected chi connectivity index (χ2v) is 5.23. The number of aliphatic hydroxyl groups excluding tert-OH is 1. The Labute approximate surface area is 115 Å². The number of rotatable bonds is 4. The summed E-state index contributed by atoms with van der Waals surface area (Å²) in [6.07, 6.45) is 3.01. The second-order valence-electron chi connectivity index (χ2n) is 5.23. The van der Waals surface area contributed by atoms with Crippen LogP contribution in [0, 0.1) is 16.0 Å². The van der Waals surface area contributed by atoms with Crippen LogP contribution in [0.25, 0.3) is 0 Å². The van der Waals surface area contributed by atoms with Gasteiger partial charge in [0.05, 0.1) is 17.1 Å². The van der Waals surface area contributed by atoms with E-state index in [0.717, 1.165) is 37.8 Å². The predicted octanol–water partition coefficient (Wildman–Crippen LogP) is 1.56. The highest BCUT2D eigenvalue weighted by Gasteiger charge is 2.30. The Morgan fingerprint density at radius 3 is 2.45 bits per heavy atom. The van der Waals surface area contributed by atoms with Gasteiger partial charge in [-0.1, -0.05) is 12.8 Å². The second kappa shape index (κ2) is 5.64. The normalized spacial score (nSPS) is 18.9. The molecule has 7 heteroatoms. The van der Waals surface area contributed by atoms with Crippen LogP contribution in [0.5, 0.6) is 11.5 Å². The maximum atomic E-state index is 10.8. The van der Waals surface area contributed by atoms with E-state index in [9.17, 15) is 25.4 Å². The monoisotopic (exact) mass is 282 g/mol. The van der Waals surface area contributed by atoms with Gasteiger partial charge in [0.25, 0.3) is 0 Å². The molecule has 0 heterocycles. The minimum atomic E-state index is -0.830. The average Bonchev–Trinajstić information content (AvgIpc) is 2.93. The third kappa shape index (κ3) is 2.68. The van der Waals surface area contributed by atoms with Crippen molar-refractivity contribution in [1.29, 1.82) is 0 Å². The van der Waals surface area contributed by atoms with E-state index in [0.29, 0.717) is 0 Å². The third-order valence-corrected chi connectivity index (χ3v) is 3.92. The highest BCUT2D eigenvalue weighted by atomic mass is 16.6. The summed E-state index contributed by atoms with van der Waals surface area (Å²) >= 11 is 0. The van der Waals surface area contributed by atoms with Gasteiger partial charge in [-0.05, 0) is 30.4 Å². The molecule has 0 radical (unpaired) electrons. The molecule has 1 aromatic rings. The van der Waals surface area contributed by atoms with Crippen molar-refractivity contribution < 1.29 is 20.2 Å². The number of hydrogen-bond donors (Lipinski definition) is 4. The highest BCUT2D eigenvalue weighted by molar-refractivity contribution is 5.57. The lowest BCUT2D eigenvalue weighted by molar-refractivity contribution is -0.386. The topological polar surface area (TPSA) is 130 Å². The minimum absolute atomic E-state index is 0.0694. The number of phenols is 2. The molecule has 2 rings (SSSR count). The fourth-order valence-corrected chi connectivity index (χ4v) is 2.75. The molecule has 110 valence electrons. The summed E-state index contributed by atoms with van der Waals surface area (Å²) in [4.78, 5) is 10.0. The average molecular weight is 282 g/mol. The van der Waals surface area contributed by atoms with Gasteiger partial charge < -0.3 is 21.1 Å². The standard InChI is InChI=1S/C13H18N2O5/c14-11(12(17)7-3-1-2-4-7)8-5-9(15(19)20)13(18)10(16)6-8/h5-7,11-12,16-18H,1-4,14H2/t11-,12+/m0/s1. The fraction of sp³-hybridized carbons (Fsp3) is 0.538. The molecular formula is C13H18N2O5. The number of benzene rings is 1. The summed E-state index contributed by atoms with van der Waals surface area (Å²) in [5, 5.41) is 40.0. The molecule has 5 N–H and O–H groups in total. The van der Waals surface area contributed by atoms with Crippen LogP contribution in [0.4, 0.5) is 5.69 Å². The van der Waals surface area contributed by atoms with Crippen molar-refractivity contribution in [2.24, 2.45) is 11.7 Å². The molecule has 1 aliphatic carbocycles. The molecule has 0 amide bonds. The Kier molecular flexibility index (Phi) is 4.10. The number of aromatic hydroxyl groups is 2. The van der Waals surface area contributed by atoms with E-state index < -0.39 is 34.3 Å². The van der Waals surface area contributed by atoms with Crippen molar-refractivity contribution in [3.8, 4) is 11.5 Å². The molecule has 0 aliphatic heterocycles. The largest absolute Gasteiger partial charge is 0.504 e. The first-order valence-corrected chi connectivity index (χ1v) is 6.55. The molecule has 1 aliphatic rings. The Hall–Kier alpha value is -1.86. The van der Waals surface area contributed by atoms with Gasteiger partial charge in [0.2, 0.25) is 5.75 Å². The Balaban J connectivity index is 2.29. The maximum Gasteiger partial charge on any atom is 0.314 e. The summed E-state index contributed by atoms with van der Waals surface area (Å²) in [6, 6.07) is 1.42. The first-order valence-electron chi connectivity index (χ1n) is 6.55. The van der Waals surface area contributed by atoms with Crippen molar-refractivity contribution >= 4 is 5.69 Å². The molecule has 20 heavy (non-hydrogen) atoms. The van der Waals surface area contributed by atoms with Crippen LogP contribution in [0.1, 0.15) is 37.3 Å². The highest BCUT2D eigenvalue weighted by Crippen LogP contribution is 2.39. The van der Waals surface area contributed by atoms with E-state index in [-0.39, 0.29) is 11.5 Å². The van der Waals surface area contributed by atoms with Gasteiger partial charge in [-0.3, -0.25) is 10.1 Å². The molecular weight excluding hydrogens is 264 g/mol. The fourth-order valence-electron chi connectivity index (χ4n) is 2.75. The molecule has 1 fully saturated rings. The van der Waals surface area contributed by atoms with Crippen molar-refractivity contribution in [2.75, 3.05) is 0 Å². The first-order chi connectivity index (χ1) is 9.41. The summed E-state index contributed by atoms with van der Waals surface area (Å²) in [6.45, 7) is 0. The number of aliphatic hydroxyl groups is 1. The lowest BCUT2D eigenvalue weighted by atomic mass is 9.90. The van der Waals surface area contributed by atoms with E-state index in [2.05, 4.69) is 0 Å². The van der Waals surface area contributed by atoms with Gasteiger partial charge in [0.15, 0.2) is 5.75 Å². The molecule has 2 atom stereocenters. The molecule has 0 bridgehead atoms. The predicted molar refractivity (Wildman–Crippen MR) is 71.3 cm³/mol. The van der Waals surface area contributed by atoms with E-state index in [4.69, 9.17) is 5.73 Å².